The van der Waals surface area contributed by atoms with Crippen LogP contribution in [0.5, 0.6) is 0 Å². The number of halogens is 1. The maximum atomic E-state index is 13.4. The molecule has 0 fully saturated rings. The molecule has 0 amide bonds. The Kier molecular flexibility index (Phi) is 4.08. The van der Waals surface area contributed by atoms with Crippen molar-refractivity contribution < 1.29 is 4.39 Å². The van der Waals surface area contributed by atoms with E-state index >= 15 is 0 Å². The molecule has 1 aromatic carbocycles. The Bertz CT molecular complexity index is 276. The fraction of sp³-hybridized carbons (Fsp3) is 0.500. The van der Waals surface area contributed by atoms with Crippen molar-refractivity contribution in [2.24, 2.45) is 5.73 Å². The zero-order valence-corrected chi connectivity index (χ0v) is 8.89. The van der Waals surface area contributed by atoms with Gasteiger partial charge < -0.3 is 5.73 Å². The van der Waals surface area contributed by atoms with Gasteiger partial charge in [-0.3, -0.25) is 0 Å². The molecule has 0 aliphatic heterocycles. The molecule has 1 nitrogen and oxygen atoms in total. The Morgan fingerprint density at radius 2 is 2.14 bits per heavy atom. The Hall–Kier alpha value is -0.890. The minimum Gasteiger partial charge on any atom is -0.324 e. The summed E-state index contributed by atoms with van der Waals surface area (Å²) in [5, 5.41) is 0. The summed E-state index contributed by atoms with van der Waals surface area (Å²) in [4.78, 5) is 0. The molecule has 0 radical (unpaired) electrons. The van der Waals surface area contributed by atoms with Gasteiger partial charge in [0.15, 0.2) is 0 Å². The quantitative estimate of drug-likeness (QED) is 0.783. The largest absolute Gasteiger partial charge is 0.324 e. The number of hydrogen-bond acceptors (Lipinski definition) is 1. The first kappa shape index (κ1) is 11.2. The molecule has 1 unspecified atom stereocenters. The average Bonchev–Trinajstić information content (AvgIpc) is 2.14. The number of benzene rings is 1. The molecule has 0 saturated carbocycles. The summed E-state index contributed by atoms with van der Waals surface area (Å²) in [6, 6.07) is 4.95. The summed E-state index contributed by atoms with van der Waals surface area (Å²) >= 11 is 0. The molecule has 1 aromatic rings. The second kappa shape index (κ2) is 5.11. The van der Waals surface area contributed by atoms with Gasteiger partial charge in [0.2, 0.25) is 0 Å². The molecule has 0 aliphatic rings. The lowest BCUT2D eigenvalue weighted by molar-refractivity contribution is 0.545. The molecule has 14 heavy (non-hydrogen) atoms. The number of nitrogens with two attached hydrogens (primary N) is 1. The first-order valence-electron chi connectivity index (χ1n) is 5.17. The third kappa shape index (κ3) is 2.55. The molecular weight excluding hydrogens is 177 g/mol. The van der Waals surface area contributed by atoms with Crippen LogP contribution in [0, 0.1) is 12.7 Å². The third-order valence-corrected chi connectivity index (χ3v) is 2.51. The van der Waals surface area contributed by atoms with Gasteiger partial charge in [0.25, 0.3) is 0 Å². The van der Waals surface area contributed by atoms with Crippen molar-refractivity contribution >= 4 is 0 Å². The molecule has 0 aliphatic carbocycles. The molecule has 0 spiro atoms. The fourth-order valence-corrected chi connectivity index (χ4v) is 1.68. The van der Waals surface area contributed by atoms with E-state index in [4.69, 9.17) is 5.73 Å². The van der Waals surface area contributed by atoms with Crippen LogP contribution in [-0.2, 0) is 0 Å². The van der Waals surface area contributed by atoms with E-state index in [2.05, 4.69) is 6.92 Å². The first-order chi connectivity index (χ1) is 6.66. The van der Waals surface area contributed by atoms with Gasteiger partial charge >= 0.3 is 0 Å². The van der Waals surface area contributed by atoms with Crippen LogP contribution in [0.2, 0.25) is 0 Å². The summed E-state index contributed by atoms with van der Waals surface area (Å²) in [5.74, 6) is -0.173. The van der Waals surface area contributed by atoms with Gasteiger partial charge in [-0.25, -0.2) is 4.39 Å². The molecule has 0 bridgehead atoms. The van der Waals surface area contributed by atoms with Crippen molar-refractivity contribution in [3.63, 3.8) is 0 Å². The molecule has 2 N–H and O–H groups in total. The van der Waals surface area contributed by atoms with Crippen LogP contribution in [0.25, 0.3) is 0 Å². The van der Waals surface area contributed by atoms with Gasteiger partial charge in [0.1, 0.15) is 5.82 Å². The predicted octanol–water partition coefficient (Wildman–Crippen LogP) is 3.32. The van der Waals surface area contributed by atoms with Crippen molar-refractivity contribution in [2.75, 3.05) is 0 Å². The standard InChI is InChI=1S/C12H18FN/c1-3-4-8-11(14)12-9(2)6-5-7-10(12)13/h5-7,11H,3-4,8,14H2,1-2H3. The van der Waals surface area contributed by atoms with E-state index in [-0.39, 0.29) is 11.9 Å². The summed E-state index contributed by atoms with van der Waals surface area (Å²) in [5.41, 5.74) is 7.58. The minimum absolute atomic E-state index is 0.156. The number of unbranched alkanes of at least 4 members (excludes halogenated alkanes) is 1. The fourth-order valence-electron chi connectivity index (χ4n) is 1.68. The van der Waals surface area contributed by atoms with Crippen LogP contribution >= 0.6 is 0 Å². The van der Waals surface area contributed by atoms with Gasteiger partial charge in [-0.1, -0.05) is 31.9 Å². The van der Waals surface area contributed by atoms with E-state index in [9.17, 15) is 4.39 Å². The highest BCUT2D eigenvalue weighted by Crippen LogP contribution is 2.23. The van der Waals surface area contributed by atoms with Crippen LogP contribution in [-0.4, -0.2) is 0 Å². The lowest BCUT2D eigenvalue weighted by atomic mass is 9.97. The number of aryl methyl sites for hydroxylation is 1. The van der Waals surface area contributed by atoms with Gasteiger partial charge in [-0.05, 0) is 25.0 Å². The van der Waals surface area contributed by atoms with E-state index in [1.807, 2.05) is 13.0 Å². The summed E-state index contributed by atoms with van der Waals surface area (Å²) in [6.07, 6.45) is 3.01. The SMILES string of the molecule is CCCCC(N)c1c(C)cccc1F. The molecule has 0 aromatic heterocycles. The first-order valence-corrected chi connectivity index (χ1v) is 5.17. The smallest absolute Gasteiger partial charge is 0.128 e. The van der Waals surface area contributed by atoms with Crippen molar-refractivity contribution in [2.45, 2.75) is 39.2 Å². The van der Waals surface area contributed by atoms with E-state index < -0.39 is 0 Å². The Morgan fingerprint density at radius 1 is 1.43 bits per heavy atom. The highest BCUT2D eigenvalue weighted by atomic mass is 19.1. The monoisotopic (exact) mass is 195 g/mol. The predicted molar refractivity (Wildman–Crippen MR) is 57.6 cm³/mol. The summed E-state index contributed by atoms with van der Waals surface area (Å²) < 4.78 is 13.4. The maximum absolute atomic E-state index is 13.4. The second-order valence-electron chi connectivity index (χ2n) is 3.72. The molecule has 0 saturated heterocycles. The van der Waals surface area contributed by atoms with Crippen LogP contribution in [0.4, 0.5) is 4.39 Å². The zero-order chi connectivity index (χ0) is 10.6. The molecule has 0 heterocycles. The van der Waals surface area contributed by atoms with Crippen molar-refractivity contribution in [3.05, 3.63) is 35.1 Å². The number of rotatable bonds is 4. The lowest BCUT2D eigenvalue weighted by Gasteiger charge is -2.14. The Labute approximate surface area is 85.1 Å². The molecular formula is C12H18FN. The second-order valence-corrected chi connectivity index (χ2v) is 3.72. The maximum Gasteiger partial charge on any atom is 0.128 e. The highest BCUT2D eigenvalue weighted by molar-refractivity contribution is 5.30. The van der Waals surface area contributed by atoms with Crippen molar-refractivity contribution in [1.29, 1.82) is 0 Å². The summed E-state index contributed by atoms with van der Waals surface area (Å²) in [6.45, 7) is 4.02. The van der Waals surface area contributed by atoms with Crippen LogP contribution in [0.15, 0.2) is 18.2 Å². The Balaban J connectivity index is 2.82. The lowest BCUT2D eigenvalue weighted by Crippen LogP contribution is -2.13. The zero-order valence-electron chi connectivity index (χ0n) is 8.89. The van der Waals surface area contributed by atoms with Gasteiger partial charge in [0.05, 0.1) is 0 Å². The van der Waals surface area contributed by atoms with Gasteiger partial charge in [-0.2, -0.15) is 0 Å². The van der Waals surface area contributed by atoms with E-state index in [0.29, 0.717) is 5.56 Å². The van der Waals surface area contributed by atoms with Crippen LogP contribution < -0.4 is 5.73 Å². The van der Waals surface area contributed by atoms with Gasteiger partial charge in [0, 0.05) is 11.6 Å². The average molecular weight is 195 g/mol. The molecule has 78 valence electrons. The normalized spacial score (nSPS) is 12.9. The minimum atomic E-state index is -0.173. The van der Waals surface area contributed by atoms with E-state index in [0.717, 1.165) is 24.8 Å². The molecule has 2 heteroatoms. The van der Waals surface area contributed by atoms with Crippen LogP contribution in [0.1, 0.15) is 43.4 Å². The topological polar surface area (TPSA) is 26.0 Å². The summed E-state index contributed by atoms with van der Waals surface area (Å²) in [7, 11) is 0. The molecule has 1 atom stereocenters. The van der Waals surface area contributed by atoms with Crippen LogP contribution in [0.3, 0.4) is 0 Å². The van der Waals surface area contributed by atoms with E-state index in [1.54, 1.807) is 6.07 Å². The van der Waals surface area contributed by atoms with Crippen molar-refractivity contribution in [1.82, 2.24) is 0 Å². The van der Waals surface area contributed by atoms with Gasteiger partial charge in [-0.15, -0.1) is 0 Å². The Morgan fingerprint density at radius 3 is 2.71 bits per heavy atom. The number of hydrogen-bond donors (Lipinski definition) is 1. The van der Waals surface area contributed by atoms with E-state index in [1.165, 1.54) is 6.07 Å². The third-order valence-electron chi connectivity index (χ3n) is 2.51. The molecule has 1 rings (SSSR count). The van der Waals surface area contributed by atoms with Crippen molar-refractivity contribution in [3.8, 4) is 0 Å². The highest BCUT2D eigenvalue weighted by Gasteiger charge is 2.12.